The smallest absolute Gasteiger partial charge is 0.268 e. The van der Waals surface area contributed by atoms with Gasteiger partial charge in [0.2, 0.25) is 0 Å². The summed E-state index contributed by atoms with van der Waals surface area (Å²) in [6.07, 6.45) is 0. The van der Waals surface area contributed by atoms with Gasteiger partial charge in [-0.1, -0.05) is 0 Å². The SMILES string of the molecule is CC(C)(C)N(N)C(=O)c1ccc(I)cc1. The summed E-state index contributed by atoms with van der Waals surface area (Å²) in [6.45, 7) is 5.70. The average Bonchev–Trinajstić information content (AvgIpc) is 2.15. The molecule has 0 bridgehead atoms. The summed E-state index contributed by atoms with van der Waals surface area (Å²) in [4.78, 5) is 11.9. The topological polar surface area (TPSA) is 46.3 Å². The van der Waals surface area contributed by atoms with Crippen LogP contribution in [0.1, 0.15) is 31.1 Å². The molecule has 0 atom stereocenters. The molecule has 0 aromatic heterocycles. The highest BCUT2D eigenvalue weighted by Crippen LogP contribution is 2.14. The summed E-state index contributed by atoms with van der Waals surface area (Å²) in [7, 11) is 0. The normalized spacial score (nSPS) is 11.3. The largest absolute Gasteiger partial charge is 0.271 e. The van der Waals surface area contributed by atoms with Gasteiger partial charge in [-0.2, -0.15) is 0 Å². The van der Waals surface area contributed by atoms with Gasteiger partial charge in [0.15, 0.2) is 0 Å². The molecule has 0 saturated heterocycles. The Morgan fingerprint density at radius 2 is 1.73 bits per heavy atom. The lowest BCUT2D eigenvalue weighted by Gasteiger charge is -2.31. The molecule has 0 aliphatic carbocycles. The molecule has 0 aliphatic rings. The fraction of sp³-hybridized carbons (Fsp3) is 0.364. The van der Waals surface area contributed by atoms with Gasteiger partial charge in [-0.3, -0.25) is 9.80 Å². The molecule has 1 aromatic carbocycles. The Bertz CT molecular complexity index is 354. The maximum absolute atomic E-state index is 11.9. The number of amides is 1. The lowest BCUT2D eigenvalue weighted by Crippen LogP contribution is -2.50. The highest BCUT2D eigenvalue weighted by Gasteiger charge is 2.24. The number of hydrazine groups is 1. The minimum Gasteiger partial charge on any atom is -0.271 e. The van der Waals surface area contributed by atoms with Crippen LogP contribution in [0.2, 0.25) is 0 Å². The predicted octanol–water partition coefficient (Wildman–Crippen LogP) is 2.41. The Labute approximate surface area is 104 Å². The molecule has 0 spiro atoms. The molecule has 3 nitrogen and oxygen atoms in total. The minimum absolute atomic E-state index is 0.154. The molecule has 0 heterocycles. The Kier molecular flexibility index (Phi) is 3.72. The quantitative estimate of drug-likeness (QED) is 0.374. The Hall–Kier alpha value is -0.620. The molecule has 0 aliphatic heterocycles. The number of carbonyl (C=O) groups excluding carboxylic acids is 1. The predicted molar refractivity (Wildman–Crippen MR) is 69.3 cm³/mol. The van der Waals surface area contributed by atoms with E-state index in [1.807, 2.05) is 32.9 Å². The van der Waals surface area contributed by atoms with Crippen LogP contribution in [-0.4, -0.2) is 16.5 Å². The molecule has 1 aromatic rings. The summed E-state index contributed by atoms with van der Waals surface area (Å²) in [5, 5.41) is 1.26. The first-order valence-corrected chi connectivity index (χ1v) is 5.75. The highest BCUT2D eigenvalue weighted by atomic mass is 127. The van der Waals surface area contributed by atoms with Crippen molar-refractivity contribution in [2.24, 2.45) is 5.84 Å². The maximum Gasteiger partial charge on any atom is 0.268 e. The van der Waals surface area contributed by atoms with E-state index in [1.165, 1.54) is 5.01 Å². The van der Waals surface area contributed by atoms with Crippen molar-refractivity contribution < 1.29 is 4.79 Å². The fourth-order valence-electron chi connectivity index (χ4n) is 1.04. The first-order valence-electron chi connectivity index (χ1n) is 4.67. The number of carbonyl (C=O) groups is 1. The highest BCUT2D eigenvalue weighted by molar-refractivity contribution is 14.1. The van der Waals surface area contributed by atoms with Crippen molar-refractivity contribution in [1.29, 1.82) is 0 Å². The van der Waals surface area contributed by atoms with Crippen LogP contribution in [0.3, 0.4) is 0 Å². The molecule has 4 heteroatoms. The zero-order chi connectivity index (χ0) is 11.6. The first-order chi connectivity index (χ1) is 6.82. The van der Waals surface area contributed by atoms with Crippen LogP contribution in [0.15, 0.2) is 24.3 Å². The number of nitrogens with zero attached hydrogens (tertiary/aromatic N) is 1. The molecule has 0 unspecified atom stereocenters. The molecule has 82 valence electrons. The number of halogens is 1. The second kappa shape index (κ2) is 4.49. The van der Waals surface area contributed by atoms with Gasteiger partial charge in [-0.25, -0.2) is 5.84 Å². The van der Waals surface area contributed by atoms with Crippen LogP contribution in [0, 0.1) is 3.57 Å². The Balaban J connectivity index is 2.90. The van der Waals surface area contributed by atoms with E-state index >= 15 is 0 Å². The summed E-state index contributed by atoms with van der Waals surface area (Å²) in [6, 6.07) is 7.36. The number of hydrogen-bond donors (Lipinski definition) is 1. The molecule has 2 N–H and O–H groups in total. The number of hydrogen-bond acceptors (Lipinski definition) is 2. The van der Waals surface area contributed by atoms with Crippen molar-refractivity contribution >= 4 is 28.5 Å². The van der Waals surface area contributed by atoms with E-state index in [4.69, 9.17) is 5.84 Å². The van der Waals surface area contributed by atoms with Gasteiger partial charge in [0.1, 0.15) is 0 Å². The molecular formula is C11H15IN2O. The lowest BCUT2D eigenvalue weighted by molar-refractivity contribution is 0.0582. The molecular weight excluding hydrogens is 303 g/mol. The van der Waals surface area contributed by atoms with Gasteiger partial charge < -0.3 is 0 Å². The lowest BCUT2D eigenvalue weighted by atomic mass is 10.1. The van der Waals surface area contributed by atoms with E-state index in [2.05, 4.69) is 22.6 Å². The monoisotopic (exact) mass is 318 g/mol. The van der Waals surface area contributed by atoms with Crippen molar-refractivity contribution in [2.75, 3.05) is 0 Å². The molecule has 1 rings (SSSR count). The van der Waals surface area contributed by atoms with Crippen molar-refractivity contribution in [3.05, 3.63) is 33.4 Å². The van der Waals surface area contributed by atoms with Crippen molar-refractivity contribution in [1.82, 2.24) is 5.01 Å². The number of rotatable bonds is 1. The molecule has 0 saturated carbocycles. The second-order valence-corrected chi connectivity index (χ2v) is 5.60. The Morgan fingerprint density at radius 1 is 1.27 bits per heavy atom. The zero-order valence-electron chi connectivity index (χ0n) is 9.12. The maximum atomic E-state index is 11.9. The number of nitrogens with two attached hydrogens (primary N) is 1. The van der Waals surface area contributed by atoms with Crippen LogP contribution in [-0.2, 0) is 0 Å². The minimum atomic E-state index is -0.361. The second-order valence-electron chi connectivity index (χ2n) is 4.35. The molecule has 15 heavy (non-hydrogen) atoms. The third-order valence-corrected chi connectivity index (χ3v) is 2.75. The van der Waals surface area contributed by atoms with E-state index in [0.29, 0.717) is 5.56 Å². The summed E-state index contributed by atoms with van der Waals surface area (Å²) >= 11 is 2.20. The van der Waals surface area contributed by atoms with Gasteiger partial charge in [0, 0.05) is 9.13 Å². The van der Waals surface area contributed by atoms with E-state index < -0.39 is 0 Å². The van der Waals surface area contributed by atoms with Gasteiger partial charge in [-0.05, 0) is 67.6 Å². The van der Waals surface area contributed by atoms with E-state index in [9.17, 15) is 4.79 Å². The van der Waals surface area contributed by atoms with E-state index in [-0.39, 0.29) is 11.4 Å². The standard InChI is InChI=1S/C11H15IN2O/c1-11(2,3)14(13)10(15)8-4-6-9(12)7-5-8/h4-7H,13H2,1-3H3. The van der Waals surface area contributed by atoms with Crippen molar-refractivity contribution in [3.63, 3.8) is 0 Å². The van der Waals surface area contributed by atoms with Gasteiger partial charge in [-0.15, -0.1) is 0 Å². The van der Waals surface area contributed by atoms with E-state index in [0.717, 1.165) is 3.57 Å². The van der Waals surface area contributed by atoms with Crippen molar-refractivity contribution in [2.45, 2.75) is 26.3 Å². The summed E-state index contributed by atoms with van der Waals surface area (Å²) < 4.78 is 1.10. The van der Waals surface area contributed by atoms with Crippen LogP contribution >= 0.6 is 22.6 Å². The molecule has 0 fully saturated rings. The van der Waals surface area contributed by atoms with Gasteiger partial charge in [0.05, 0.1) is 5.54 Å². The van der Waals surface area contributed by atoms with Gasteiger partial charge in [0.25, 0.3) is 5.91 Å². The van der Waals surface area contributed by atoms with Crippen LogP contribution < -0.4 is 5.84 Å². The molecule has 1 amide bonds. The van der Waals surface area contributed by atoms with Crippen LogP contribution in [0.5, 0.6) is 0 Å². The van der Waals surface area contributed by atoms with Crippen LogP contribution in [0.25, 0.3) is 0 Å². The third kappa shape index (κ3) is 3.17. The fourth-order valence-corrected chi connectivity index (χ4v) is 1.40. The molecule has 0 radical (unpaired) electrons. The average molecular weight is 318 g/mol. The summed E-state index contributed by atoms with van der Waals surface area (Å²) in [5.74, 6) is 5.59. The number of benzene rings is 1. The van der Waals surface area contributed by atoms with Gasteiger partial charge >= 0.3 is 0 Å². The third-order valence-electron chi connectivity index (χ3n) is 2.03. The van der Waals surface area contributed by atoms with E-state index in [1.54, 1.807) is 12.1 Å². The summed E-state index contributed by atoms with van der Waals surface area (Å²) in [5.41, 5.74) is 0.257. The Morgan fingerprint density at radius 3 is 2.13 bits per heavy atom. The van der Waals surface area contributed by atoms with Crippen molar-refractivity contribution in [3.8, 4) is 0 Å². The van der Waals surface area contributed by atoms with Crippen LogP contribution in [0.4, 0.5) is 0 Å². The zero-order valence-corrected chi connectivity index (χ0v) is 11.3. The first kappa shape index (κ1) is 12.4.